The molecule has 1 aromatic carbocycles. The highest BCUT2D eigenvalue weighted by molar-refractivity contribution is 5.79. The second-order valence-corrected chi connectivity index (χ2v) is 3.62. The number of rotatable bonds is 5. The van der Waals surface area contributed by atoms with E-state index >= 15 is 0 Å². The highest BCUT2D eigenvalue weighted by Crippen LogP contribution is 2.07. The summed E-state index contributed by atoms with van der Waals surface area (Å²) in [7, 11) is 0. The predicted molar refractivity (Wildman–Crippen MR) is 60.9 cm³/mol. The van der Waals surface area contributed by atoms with E-state index in [1.807, 2.05) is 0 Å². The maximum Gasteiger partial charge on any atom is 0.327 e. The first kappa shape index (κ1) is 11.5. The van der Waals surface area contributed by atoms with E-state index in [9.17, 15) is 4.79 Å². The number of allylic oxidation sites excluding steroid dienone is 1. The van der Waals surface area contributed by atoms with Crippen molar-refractivity contribution in [3.05, 3.63) is 47.5 Å². The maximum absolute atomic E-state index is 10.2. The lowest BCUT2D eigenvalue weighted by Crippen LogP contribution is -1.87. The third-order valence-corrected chi connectivity index (χ3v) is 2.18. The molecule has 0 aromatic heterocycles. The van der Waals surface area contributed by atoms with Gasteiger partial charge >= 0.3 is 5.97 Å². The standard InChI is InChI=1S/C13H16O2/c1-11-6-5-8-12(10-11)7-3-2-4-9-13(14)15/h4-6,8-10H,2-3,7H2,1H3,(H,14,15). The first-order valence-electron chi connectivity index (χ1n) is 5.13. The Kier molecular flexibility index (Phi) is 4.61. The molecule has 2 heteroatoms. The Morgan fingerprint density at radius 1 is 1.47 bits per heavy atom. The third kappa shape index (κ3) is 5.01. The minimum absolute atomic E-state index is 0.820. The van der Waals surface area contributed by atoms with Gasteiger partial charge in [-0.1, -0.05) is 35.9 Å². The van der Waals surface area contributed by atoms with Gasteiger partial charge < -0.3 is 5.11 Å². The average molecular weight is 204 g/mol. The second-order valence-electron chi connectivity index (χ2n) is 3.62. The van der Waals surface area contributed by atoms with Gasteiger partial charge in [0, 0.05) is 6.08 Å². The minimum atomic E-state index is -0.870. The predicted octanol–water partition coefficient (Wildman–Crippen LogP) is 2.96. The summed E-state index contributed by atoms with van der Waals surface area (Å²) in [6.07, 6.45) is 5.73. The van der Waals surface area contributed by atoms with Crippen LogP contribution in [0.2, 0.25) is 0 Å². The van der Waals surface area contributed by atoms with Gasteiger partial charge in [0.15, 0.2) is 0 Å². The molecule has 80 valence electrons. The van der Waals surface area contributed by atoms with Crippen molar-refractivity contribution >= 4 is 5.97 Å². The Labute approximate surface area is 90.3 Å². The summed E-state index contributed by atoms with van der Waals surface area (Å²) in [5, 5.41) is 8.38. The number of benzene rings is 1. The smallest absolute Gasteiger partial charge is 0.327 e. The molecule has 0 saturated heterocycles. The van der Waals surface area contributed by atoms with Gasteiger partial charge in [0.05, 0.1) is 0 Å². The highest BCUT2D eigenvalue weighted by Gasteiger charge is 1.92. The topological polar surface area (TPSA) is 37.3 Å². The van der Waals surface area contributed by atoms with Gasteiger partial charge in [-0.2, -0.15) is 0 Å². The number of aliphatic carboxylic acids is 1. The number of carboxylic acid groups (broad SMARTS) is 1. The zero-order chi connectivity index (χ0) is 11.1. The zero-order valence-electron chi connectivity index (χ0n) is 8.94. The molecular weight excluding hydrogens is 188 g/mol. The van der Waals surface area contributed by atoms with Crippen molar-refractivity contribution < 1.29 is 9.90 Å². The Balaban J connectivity index is 2.29. The van der Waals surface area contributed by atoms with Crippen LogP contribution >= 0.6 is 0 Å². The summed E-state index contributed by atoms with van der Waals surface area (Å²) < 4.78 is 0. The van der Waals surface area contributed by atoms with E-state index < -0.39 is 5.97 Å². The van der Waals surface area contributed by atoms with Gasteiger partial charge in [0.1, 0.15) is 0 Å². The highest BCUT2D eigenvalue weighted by atomic mass is 16.4. The second kappa shape index (κ2) is 6.02. The average Bonchev–Trinajstić information content (AvgIpc) is 2.17. The van der Waals surface area contributed by atoms with E-state index in [4.69, 9.17) is 5.11 Å². The van der Waals surface area contributed by atoms with Crippen LogP contribution in [0.25, 0.3) is 0 Å². The zero-order valence-corrected chi connectivity index (χ0v) is 8.94. The number of aryl methyl sites for hydroxylation is 2. The molecule has 0 spiro atoms. The summed E-state index contributed by atoms with van der Waals surface area (Å²) in [4.78, 5) is 10.2. The van der Waals surface area contributed by atoms with Gasteiger partial charge in [0.2, 0.25) is 0 Å². The number of unbranched alkanes of at least 4 members (excludes halogenated alkanes) is 1. The lowest BCUT2D eigenvalue weighted by Gasteiger charge is -2.00. The van der Waals surface area contributed by atoms with Gasteiger partial charge in [-0.25, -0.2) is 4.79 Å². The normalized spacial score (nSPS) is 10.7. The van der Waals surface area contributed by atoms with Crippen LogP contribution in [0.3, 0.4) is 0 Å². The number of carbonyl (C=O) groups is 1. The molecule has 2 nitrogen and oxygen atoms in total. The lowest BCUT2D eigenvalue weighted by molar-refractivity contribution is -0.131. The fourth-order valence-corrected chi connectivity index (χ4v) is 1.48. The van der Waals surface area contributed by atoms with Crippen LogP contribution in [0.5, 0.6) is 0 Å². The molecule has 0 saturated carbocycles. The van der Waals surface area contributed by atoms with E-state index in [0.717, 1.165) is 19.3 Å². The van der Waals surface area contributed by atoms with Crippen molar-refractivity contribution in [3.8, 4) is 0 Å². The molecule has 0 aliphatic rings. The van der Waals surface area contributed by atoms with Gasteiger partial charge in [-0.3, -0.25) is 0 Å². The first-order valence-corrected chi connectivity index (χ1v) is 5.13. The van der Waals surface area contributed by atoms with Crippen molar-refractivity contribution in [3.63, 3.8) is 0 Å². The molecular formula is C13H16O2. The Hall–Kier alpha value is -1.57. The Bertz CT molecular complexity index is 353. The van der Waals surface area contributed by atoms with E-state index in [0.29, 0.717) is 0 Å². The quantitative estimate of drug-likeness (QED) is 0.591. The number of hydrogen-bond donors (Lipinski definition) is 1. The Morgan fingerprint density at radius 3 is 2.93 bits per heavy atom. The van der Waals surface area contributed by atoms with Crippen LogP contribution in [0.4, 0.5) is 0 Å². The Morgan fingerprint density at radius 2 is 2.27 bits per heavy atom. The molecule has 0 aliphatic carbocycles. The van der Waals surface area contributed by atoms with E-state index in [2.05, 4.69) is 31.2 Å². The van der Waals surface area contributed by atoms with Gasteiger partial charge in [0.25, 0.3) is 0 Å². The van der Waals surface area contributed by atoms with E-state index in [1.54, 1.807) is 6.08 Å². The van der Waals surface area contributed by atoms with Crippen LogP contribution in [-0.4, -0.2) is 11.1 Å². The molecule has 0 unspecified atom stereocenters. The molecule has 1 aromatic rings. The van der Waals surface area contributed by atoms with Crippen molar-refractivity contribution in [2.45, 2.75) is 26.2 Å². The molecule has 0 aliphatic heterocycles. The molecule has 0 bridgehead atoms. The molecule has 0 fully saturated rings. The van der Waals surface area contributed by atoms with Crippen LogP contribution in [0.15, 0.2) is 36.4 Å². The minimum Gasteiger partial charge on any atom is -0.478 e. The van der Waals surface area contributed by atoms with Crippen LogP contribution in [0.1, 0.15) is 24.0 Å². The third-order valence-electron chi connectivity index (χ3n) is 2.18. The van der Waals surface area contributed by atoms with Gasteiger partial charge in [-0.15, -0.1) is 0 Å². The summed E-state index contributed by atoms with van der Waals surface area (Å²) >= 11 is 0. The SMILES string of the molecule is Cc1cccc(CCCC=CC(=O)O)c1. The van der Waals surface area contributed by atoms with Crippen molar-refractivity contribution in [1.29, 1.82) is 0 Å². The molecule has 0 radical (unpaired) electrons. The summed E-state index contributed by atoms with van der Waals surface area (Å²) in [6.45, 7) is 2.08. The molecule has 1 rings (SSSR count). The fourth-order valence-electron chi connectivity index (χ4n) is 1.48. The summed E-state index contributed by atoms with van der Waals surface area (Å²) in [5.74, 6) is -0.870. The van der Waals surface area contributed by atoms with Crippen LogP contribution in [0, 0.1) is 6.92 Å². The monoisotopic (exact) mass is 204 g/mol. The van der Waals surface area contributed by atoms with Crippen molar-refractivity contribution in [1.82, 2.24) is 0 Å². The summed E-state index contributed by atoms with van der Waals surface area (Å²) in [5.41, 5.74) is 2.59. The van der Waals surface area contributed by atoms with Crippen LogP contribution < -0.4 is 0 Å². The summed E-state index contributed by atoms with van der Waals surface area (Å²) in [6, 6.07) is 8.40. The number of carboxylic acids is 1. The largest absolute Gasteiger partial charge is 0.478 e. The molecule has 0 heterocycles. The number of hydrogen-bond acceptors (Lipinski definition) is 1. The molecule has 0 atom stereocenters. The molecule has 0 amide bonds. The first-order chi connectivity index (χ1) is 7.18. The van der Waals surface area contributed by atoms with E-state index in [-0.39, 0.29) is 0 Å². The fraction of sp³-hybridized carbons (Fsp3) is 0.308. The lowest BCUT2D eigenvalue weighted by atomic mass is 10.1. The maximum atomic E-state index is 10.2. The van der Waals surface area contributed by atoms with Crippen molar-refractivity contribution in [2.24, 2.45) is 0 Å². The van der Waals surface area contributed by atoms with Gasteiger partial charge in [-0.05, 0) is 31.7 Å². The molecule has 1 N–H and O–H groups in total. The molecule has 15 heavy (non-hydrogen) atoms. The van der Waals surface area contributed by atoms with Crippen LogP contribution in [-0.2, 0) is 11.2 Å². The van der Waals surface area contributed by atoms with E-state index in [1.165, 1.54) is 17.2 Å². The van der Waals surface area contributed by atoms with Crippen molar-refractivity contribution in [2.75, 3.05) is 0 Å².